The van der Waals surface area contributed by atoms with E-state index in [1.165, 1.54) is 0 Å². The number of benzene rings is 3. The number of hydrogen-bond acceptors (Lipinski definition) is 5. The Morgan fingerprint density at radius 3 is 1.92 bits per heavy atom. The zero-order chi connectivity index (χ0) is 26.5. The number of likely N-dealkylation sites (tertiary alicyclic amines) is 1. The highest BCUT2D eigenvalue weighted by atomic mass is 32.2. The van der Waals surface area contributed by atoms with Crippen LogP contribution in [0.15, 0.2) is 88.7 Å². The molecule has 0 bridgehead atoms. The van der Waals surface area contributed by atoms with Crippen molar-refractivity contribution < 1.29 is 16.8 Å². The molecular formula is C28H35N3O4S2. The number of hydrogen-bond donors (Lipinski definition) is 2. The first kappa shape index (κ1) is 27.5. The Hall–Kier alpha value is -2.56. The molecule has 3 aromatic carbocycles. The molecule has 2 N–H and O–H groups in total. The van der Waals surface area contributed by atoms with E-state index in [9.17, 15) is 16.8 Å². The van der Waals surface area contributed by atoms with Crippen molar-refractivity contribution in [2.75, 3.05) is 13.1 Å². The fourth-order valence-electron chi connectivity index (χ4n) is 4.66. The molecule has 9 heteroatoms. The van der Waals surface area contributed by atoms with E-state index in [0.29, 0.717) is 19.5 Å². The second-order valence-electron chi connectivity index (χ2n) is 9.80. The van der Waals surface area contributed by atoms with E-state index in [-0.39, 0.29) is 28.4 Å². The highest BCUT2D eigenvalue weighted by molar-refractivity contribution is 7.89. The molecule has 1 fully saturated rings. The summed E-state index contributed by atoms with van der Waals surface area (Å²) < 4.78 is 57.8. The van der Waals surface area contributed by atoms with Crippen LogP contribution in [-0.2, 0) is 26.6 Å². The first-order chi connectivity index (χ1) is 17.6. The number of nitrogens with one attached hydrogen (secondary N) is 2. The topological polar surface area (TPSA) is 95.6 Å². The van der Waals surface area contributed by atoms with Crippen LogP contribution >= 0.6 is 0 Å². The standard InChI is InChI=1S/C28H35N3O4S2/c1-22-11-15-27(16-12-22)36(32,33)29-19-26-10-6-9-25(21-31(26)20-24-7-4-3-5-8-24)30-37(34,35)28-17-13-23(2)14-18-28/h3-5,7-8,11-18,25-26,29-30H,6,9-10,19-21H2,1-2H3/t25-,26-/m1/s1. The zero-order valence-electron chi connectivity index (χ0n) is 21.3. The number of nitrogens with zero attached hydrogens (tertiary/aromatic N) is 1. The maximum absolute atomic E-state index is 13.1. The summed E-state index contributed by atoms with van der Waals surface area (Å²) in [7, 11) is -7.32. The number of sulfonamides is 2. The molecule has 1 aliphatic heterocycles. The van der Waals surface area contributed by atoms with Crippen LogP contribution < -0.4 is 9.44 Å². The summed E-state index contributed by atoms with van der Waals surface area (Å²) in [4.78, 5) is 2.69. The van der Waals surface area contributed by atoms with Gasteiger partial charge < -0.3 is 0 Å². The van der Waals surface area contributed by atoms with Gasteiger partial charge >= 0.3 is 0 Å². The van der Waals surface area contributed by atoms with Gasteiger partial charge in [0.2, 0.25) is 20.0 Å². The second kappa shape index (κ2) is 11.9. The molecule has 0 aliphatic carbocycles. The van der Waals surface area contributed by atoms with Crippen LogP contribution in [-0.4, -0.2) is 46.9 Å². The molecule has 37 heavy (non-hydrogen) atoms. The van der Waals surface area contributed by atoms with E-state index in [4.69, 9.17) is 0 Å². The Bertz CT molecular complexity index is 1380. The molecular weight excluding hydrogens is 506 g/mol. The summed E-state index contributed by atoms with van der Waals surface area (Å²) in [6.45, 7) is 5.17. The van der Waals surface area contributed by atoms with Crippen molar-refractivity contribution in [2.24, 2.45) is 0 Å². The van der Waals surface area contributed by atoms with Crippen molar-refractivity contribution in [2.45, 2.75) is 61.5 Å². The SMILES string of the molecule is Cc1ccc(S(=O)(=O)NC[C@H]2CCC[C@@H](NS(=O)(=O)c3ccc(C)cc3)CN2Cc2ccccc2)cc1. The van der Waals surface area contributed by atoms with E-state index in [0.717, 1.165) is 29.5 Å². The Labute approximate surface area is 221 Å². The zero-order valence-corrected chi connectivity index (χ0v) is 22.9. The van der Waals surface area contributed by atoms with Gasteiger partial charge in [-0.15, -0.1) is 0 Å². The maximum Gasteiger partial charge on any atom is 0.240 e. The summed E-state index contributed by atoms with van der Waals surface area (Å²) in [6, 6.07) is 23.2. The van der Waals surface area contributed by atoms with Crippen LogP contribution in [0.4, 0.5) is 0 Å². The van der Waals surface area contributed by atoms with Gasteiger partial charge in [-0.1, -0.05) is 72.1 Å². The quantitative estimate of drug-likeness (QED) is 0.427. The number of rotatable bonds is 9. The van der Waals surface area contributed by atoms with Gasteiger partial charge in [-0.05, 0) is 56.5 Å². The highest BCUT2D eigenvalue weighted by Gasteiger charge is 2.30. The fourth-order valence-corrected chi connectivity index (χ4v) is 6.99. The lowest BCUT2D eigenvalue weighted by Gasteiger charge is -2.32. The lowest BCUT2D eigenvalue weighted by molar-refractivity contribution is 0.183. The monoisotopic (exact) mass is 541 g/mol. The molecule has 2 atom stereocenters. The van der Waals surface area contributed by atoms with E-state index >= 15 is 0 Å². The maximum atomic E-state index is 13.1. The summed E-state index contributed by atoms with van der Waals surface area (Å²) in [6.07, 6.45) is 2.22. The largest absolute Gasteiger partial charge is 0.293 e. The molecule has 1 aliphatic rings. The summed E-state index contributed by atoms with van der Waals surface area (Å²) >= 11 is 0. The van der Waals surface area contributed by atoms with Gasteiger partial charge in [0.05, 0.1) is 9.79 Å². The van der Waals surface area contributed by atoms with E-state index in [2.05, 4.69) is 14.3 Å². The third-order valence-electron chi connectivity index (χ3n) is 6.78. The molecule has 0 spiro atoms. The molecule has 3 aromatic rings. The molecule has 1 saturated heterocycles. The molecule has 0 unspecified atom stereocenters. The van der Waals surface area contributed by atoms with E-state index in [1.54, 1.807) is 48.5 Å². The van der Waals surface area contributed by atoms with Crippen molar-refractivity contribution in [3.05, 3.63) is 95.6 Å². The van der Waals surface area contributed by atoms with Crippen LogP contribution in [0.25, 0.3) is 0 Å². The van der Waals surface area contributed by atoms with Crippen molar-refractivity contribution in [1.82, 2.24) is 14.3 Å². The van der Waals surface area contributed by atoms with Gasteiger partial charge in [0.1, 0.15) is 0 Å². The predicted molar refractivity (Wildman–Crippen MR) is 146 cm³/mol. The molecule has 198 valence electrons. The highest BCUT2D eigenvalue weighted by Crippen LogP contribution is 2.22. The minimum Gasteiger partial charge on any atom is -0.293 e. The summed E-state index contributed by atoms with van der Waals surface area (Å²) in [5.74, 6) is 0. The molecule has 7 nitrogen and oxygen atoms in total. The van der Waals surface area contributed by atoms with Crippen molar-refractivity contribution in [3.63, 3.8) is 0 Å². The lowest BCUT2D eigenvalue weighted by Crippen LogP contribution is -2.48. The minimum atomic E-state index is -3.67. The van der Waals surface area contributed by atoms with Gasteiger partial charge in [0.25, 0.3) is 0 Å². The van der Waals surface area contributed by atoms with Gasteiger partial charge in [0.15, 0.2) is 0 Å². The minimum absolute atomic E-state index is 0.0747. The van der Waals surface area contributed by atoms with Crippen molar-refractivity contribution in [1.29, 1.82) is 0 Å². The third kappa shape index (κ3) is 7.49. The Kier molecular flexibility index (Phi) is 8.82. The molecule has 1 heterocycles. The molecule has 0 aromatic heterocycles. The second-order valence-corrected chi connectivity index (χ2v) is 13.3. The fraction of sp³-hybridized carbons (Fsp3) is 0.357. The molecule has 0 radical (unpaired) electrons. The van der Waals surface area contributed by atoms with Crippen molar-refractivity contribution >= 4 is 20.0 Å². The lowest BCUT2D eigenvalue weighted by atomic mass is 10.1. The normalized spacial score (nSPS) is 19.4. The van der Waals surface area contributed by atoms with E-state index in [1.807, 2.05) is 44.2 Å². The van der Waals surface area contributed by atoms with Crippen LogP contribution in [0, 0.1) is 13.8 Å². The van der Waals surface area contributed by atoms with Crippen LogP contribution in [0.2, 0.25) is 0 Å². The van der Waals surface area contributed by atoms with E-state index < -0.39 is 20.0 Å². The smallest absolute Gasteiger partial charge is 0.240 e. The summed E-state index contributed by atoms with van der Waals surface area (Å²) in [5, 5.41) is 0. The van der Waals surface area contributed by atoms with Gasteiger partial charge in [-0.2, -0.15) is 0 Å². The third-order valence-corrected chi connectivity index (χ3v) is 9.76. The first-order valence-electron chi connectivity index (χ1n) is 12.6. The molecule has 0 amide bonds. The number of aryl methyl sites for hydroxylation is 2. The Morgan fingerprint density at radius 1 is 0.757 bits per heavy atom. The first-order valence-corrected chi connectivity index (χ1v) is 15.5. The van der Waals surface area contributed by atoms with Crippen LogP contribution in [0.3, 0.4) is 0 Å². The Balaban J connectivity index is 1.51. The molecule has 4 rings (SSSR count). The summed E-state index contributed by atoms with van der Waals surface area (Å²) in [5.41, 5.74) is 3.09. The van der Waals surface area contributed by atoms with Gasteiger partial charge in [0, 0.05) is 31.7 Å². The Morgan fingerprint density at radius 2 is 1.32 bits per heavy atom. The average molecular weight is 542 g/mol. The average Bonchev–Trinajstić information content (AvgIpc) is 3.05. The molecule has 0 saturated carbocycles. The van der Waals surface area contributed by atoms with Gasteiger partial charge in [-0.3, -0.25) is 4.90 Å². The predicted octanol–water partition coefficient (Wildman–Crippen LogP) is 3.98. The van der Waals surface area contributed by atoms with Crippen LogP contribution in [0.1, 0.15) is 36.0 Å². The van der Waals surface area contributed by atoms with Gasteiger partial charge in [-0.25, -0.2) is 26.3 Å². The van der Waals surface area contributed by atoms with Crippen molar-refractivity contribution in [3.8, 4) is 0 Å². The van der Waals surface area contributed by atoms with Crippen LogP contribution in [0.5, 0.6) is 0 Å².